The number of rotatable bonds is 7. The van der Waals surface area contributed by atoms with E-state index in [9.17, 15) is 40.5 Å². The molecule has 0 aliphatic carbocycles. The third-order valence-corrected chi connectivity index (χ3v) is 7.09. The Bertz CT molecular complexity index is 1440. The van der Waals surface area contributed by atoms with Gasteiger partial charge in [-0.3, -0.25) is 0 Å². The summed E-state index contributed by atoms with van der Waals surface area (Å²) in [5.74, 6) is -2.08. The molecule has 2 aliphatic rings. The lowest BCUT2D eigenvalue weighted by molar-refractivity contribution is -0.318. The number of benzene rings is 3. The summed E-state index contributed by atoms with van der Waals surface area (Å²) in [5.41, 5.74) is 1.33. The van der Waals surface area contributed by atoms with Gasteiger partial charge in [0, 0.05) is 30.2 Å². The topological polar surface area (TPSA) is 196 Å². The zero-order valence-corrected chi connectivity index (χ0v) is 22.1. The van der Waals surface area contributed by atoms with Crippen molar-refractivity contribution in [3.8, 4) is 28.7 Å². The third kappa shape index (κ3) is 6.12. The Kier molecular flexibility index (Phi) is 8.52. The smallest absolute Gasteiger partial charge is 0.331 e. The number of hydrogen-bond donors (Lipinski definition) is 7. The summed E-state index contributed by atoms with van der Waals surface area (Å²) in [6.07, 6.45) is -7.17. The fourth-order valence-corrected chi connectivity index (χ4v) is 4.95. The van der Waals surface area contributed by atoms with Crippen LogP contribution < -0.4 is 4.74 Å². The van der Waals surface area contributed by atoms with Crippen LogP contribution in [0.2, 0.25) is 0 Å². The Balaban J connectivity index is 1.40. The summed E-state index contributed by atoms with van der Waals surface area (Å²) in [5, 5.41) is 72.0. The number of fused-ring (bicyclic) bond motifs is 1. The van der Waals surface area contributed by atoms with Crippen molar-refractivity contribution in [2.45, 2.75) is 49.3 Å². The number of carbonyl (C=O) groups is 1. The standard InChI is InChI=1S/C30H30O12/c31-14-24-26(37)29(42-25(36)9-6-15-4-2-1-3-5-15)27(38)30(41-24)40-23-13-18-20(34)11-17(32)12-22(18)39-28(23)16-7-8-19(33)21(35)10-16/h1-12,23-24,26-35,37-38H,13-14H2. The van der Waals surface area contributed by atoms with Crippen LogP contribution in [-0.4, -0.2) is 85.1 Å². The second kappa shape index (κ2) is 12.3. The first-order valence-corrected chi connectivity index (χ1v) is 13.1. The first-order chi connectivity index (χ1) is 20.1. The number of ether oxygens (including phenoxy) is 4. The number of carbonyl (C=O) groups excluding carboxylic acids is 1. The minimum atomic E-state index is -1.72. The maximum atomic E-state index is 12.6. The highest BCUT2D eigenvalue weighted by Crippen LogP contribution is 2.44. The first-order valence-electron chi connectivity index (χ1n) is 13.1. The molecule has 222 valence electrons. The molecule has 0 saturated carbocycles. The maximum Gasteiger partial charge on any atom is 0.331 e. The lowest BCUT2D eigenvalue weighted by atomic mass is 9.93. The van der Waals surface area contributed by atoms with Gasteiger partial charge in [-0.25, -0.2) is 4.79 Å². The van der Waals surface area contributed by atoms with Gasteiger partial charge < -0.3 is 54.7 Å². The molecule has 1 fully saturated rings. The SMILES string of the molecule is O=C(C=Cc1ccccc1)OC1C(O)C(CO)OC(OC2Cc3c(O)cc(O)cc3OC2c2ccc(O)c(O)c2)C1O. The van der Waals surface area contributed by atoms with Crippen LogP contribution in [0.5, 0.6) is 28.7 Å². The van der Waals surface area contributed by atoms with Crippen LogP contribution in [0.1, 0.15) is 22.8 Å². The predicted octanol–water partition coefficient (Wildman–Crippen LogP) is 1.63. The fourth-order valence-electron chi connectivity index (χ4n) is 4.95. The van der Waals surface area contributed by atoms with E-state index in [0.29, 0.717) is 5.56 Å². The molecule has 2 aliphatic heterocycles. The summed E-state index contributed by atoms with van der Waals surface area (Å²) in [4.78, 5) is 12.6. The van der Waals surface area contributed by atoms with Crippen molar-refractivity contribution in [3.05, 3.63) is 83.4 Å². The van der Waals surface area contributed by atoms with Crippen LogP contribution in [0.3, 0.4) is 0 Å². The molecule has 7 unspecified atom stereocenters. The zero-order chi connectivity index (χ0) is 30.0. The van der Waals surface area contributed by atoms with Gasteiger partial charge in [0.1, 0.15) is 41.7 Å². The van der Waals surface area contributed by atoms with Crippen molar-refractivity contribution < 1.29 is 59.5 Å². The molecule has 2 heterocycles. The number of aliphatic hydroxyl groups is 3. The van der Waals surface area contributed by atoms with Gasteiger partial charge in [-0.05, 0) is 29.3 Å². The lowest BCUT2D eigenvalue weighted by Crippen LogP contribution is -2.61. The van der Waals surface area contributed by atoms with Crippen molar-refractivity contribution in [1.29, 1.82) is 0 Å². The summed E-state index contributed by atoms with van der Waals surface area (Å²) >= 11 is 0. The number of hydrogen-bond acceptors (Lipinski definition) is 12. The molecule has 0 amide bonds. The van der Waals surface area contributed by atoms with Crippen molar-refractivity contribution in [2.75, 3.05) is 6.61 Å². The Labute approximate surface area is 239 Å². The van der Waals surface area contributed by atoms with E-state index in [0.717, 1.165) is 17.7 Å². The summed E-state index contributed by atoms with van der Waals surface area (Å²) in [6.45, 7) is -0.693. The summed E-state index contributed by atoms with van der Waals surface area (Å²) in [7, 11) is 0. The van der Waals surface area contributed by atoms with Crippen LogP contribution in [0, 0.1) is 0 Å². The molecule has 0 spiro atoms. The molecule has 0 aromatic heterocycles. The molecule has 0 radical (unpaired) electrons. The molecule has 7 atom stereocenters. The Morgan fingerprint density at radius 2 is 1.69 bits per heavy atom. The highest BCUT2D eigenvalue weighted by Gasteiger charge is 2.49. The normalized spacial score (nSPS) is 27.3. The van der Waals surface area contributed by atoms with Gasteiger partial charge in [0.05, 0.1) is 6.61 Å². The maximum absolute atomic E-state index is 12.6. The van der Waals surface area contributed by atoms with E-state index in [2.05, 4.69) is 0 Å². The Morgan fingerprint density at radius 3 is 2.40 bits per heavy atom. The minimum absolute atomic E-state index is 0.0308. The van der Waals surface area contributed by atoms with Gasteiger partial charge in [0.15, 0.2) is 30.0 Å². The highest BCUT2D eigenvalue weighted by molar-refractivity contribution is 5.87. The van der Waals surface area contributed by atoms with E-state index in [4.69, 9.17) is 18.9 Å². The van der Waals surface area contributed by atoms with E-state index >= 15 is 0 Å². The molecule has 3 aromatic rings. The van der Waals surface area contributed by atoms with E-state index in [1.807, 2.05) is 6.07 Å². The van der Waals surface area contributed by atoms with Crippen LogP contribution in [0.25, 0.3) is 6.08 Å². The molecule has 12 nitrogen and oxygen atoms in total. The molecule has 5 rings (SSSR count). The van der Waals surface area contributed by atoms with Crippen LogP contribution in [0.4, 0.5) is 0 Å². The lowest BCUT2D eigenvalue weighted by Gasteiger charge is -2.43. The molecule has 7 N–H and O–H groups in total. The van der Waals surface area contributed by atoms with Crippen LogP contribution >= 0.6 is 0 Å². The molecular formula is C30H30O12. The molecule has 12 heteroatoms. The summed E-state index contributed by atoms with van der Waals surface area (Å²) in [6, 6.07) is 15.3. The van der Waals surface area contributed by atoms with Gasteiger partial charge in [-0.1, -0.05) is 36.4 Å². The summed E-state index contributed by atoms with van der Waals surface area (Å²) < 4.78 is 23.1. The number of aromatic hydroxyl groups is 4. The van der Waals surface area contributed by atoms with Gasteiger partial charge in [-0.2, -0.15) is 0 Å². The Hall–Kier alpha value is -4.33. The van der Waals surface area contributed by atoms with E-state index in [1.165, 1.54) is 30.3 Å². The average Bonchev–Trinajstić information content (AvgIpc) is 2.97. The molecular weight excluding hydrogens is 552 g/mol. The zero-order valence-electron chi connectivity index (χ0n) is 22.1. The number of phenolic OH excluding ortho intramolecular Hbond substituents is 4. The van der Waals surface area contributed by atoms with Crippen molar-refractivity contribution in [2.24, 2.45) is 0 Å². The quantitative estimate of drug-likeness (QED) is 0.121. The fraction of sp³-hybridized carbons (Fsp3) is 0.300. The van der Waals surface area contributed by atoms with Crippen molar-refractivity contribution in [1.82, 2.24) is 0 Å². The average molecular weight is 583 g/mol. The van der Waals surface area contributed by atoms with Gasteiger partial charge in [0.2, 0.25) is 0 Å². The van der Waals surface area contributed by atoms with E-state index in [1.54, 1.807) is 24.3 Å². The first kappa shape index (κ1) is 29.2. The van der Waals surface area contributed by atoms with Crippen LogP contribution in [-0.2, 0) is 25.4 Å². The monoisotopic (exact) mass is 582 g/mol. The van der Waals surface area contributed by atoms with E-state index in [-0.39, 0.29) is 35.0 Å². The van der Waals surface area contributed by atoms with Gasteiger partial charge >= 0.3 is 5.97 Å². The Morgan fingerprint density at radius 1 is 0.929 bits per heavy atom. The van der Waals surface area contributed by atoms with Gasteiger partial charge in [-0.15, -0.1) is 0 Å². The number of esters is 1. The second-order valence-corrected chi connectivity index (χ2v) is 9.96. The molecule has 42 heavy (non-hydrogen) atoms. The predicted molar refractivity (Wildman–Crippen MR) is 145 cm³/mol. The largest absolute Gasteiger partial charge is 0.508 e. The van der Waals surface area contributed by atoms with Crippen molar-refractivity contribution in [3.63, 3.8) is 0 Å². The van der Waals surface area contributed by atoms with Crippen LogP contribution in [0.15, 0.2) is 66.7 Å². The molecule has 1 saturated heterocycles. The van der Waals surface area contributed by atoms with Crippen molar-refractivity contribution >= 4 is 12.0 Å². The molecule has 3 aromatic carbocycles. The van der Waals surface area contributed by atoms with Gasteiger partial charge in [0.25, 0.3) is 0 Å². The number of phenols is 4. The molecule has 0 bridgehead atoms. The third-order valence-electron chi connectivity index (χ3n) is 7.09. The number of aliphatic hydroxyl groups excluding tert-OH is 3. The second-order valence-electron chi connectivity index (χ2n) is 9.96. The minimum Gasteiger partial charge on any atom is -0.508 e. The highest BCUT2D eigenvalue weighted by atomic mass is 16.7. The van der Waals surface area contributed by atoms with E-state index < -0.39 is 61.2 Å².